The molecule has 0 saturated heterocycles. The molecule has 0 radical (unpaired) electrons. The third kappa shape index (κ3) is 8.47. The van der Waals surface area contributed by atoms with E-state index in [2.05, 4.69) is 98.4 Å². The minimum atomic E-state index is -1.35. The van der Waals surface area contributed by atoms with Crippen molar-refractivity contribution in [3.8, 4) is 11.3 Å². The summed E-state index contributed by atoms with van der Waals surface area (Å²) >= 11 is 6.53. The Morgan fingerprint density at radius 1 is 0.784 bits per heavy atom. The summed E-state index contributed by atoms with van der Waals surface area (Å²) in [5.74, 6) is 0. The maximum Gasteiger partial charge on any atom is 0.488 e. The summed E-state index contributed by atoms with van der Waals surface area (Å²) in [7, 11) is -1.35. The number of benzene rings is 4. The number of fused-ring (bicyclic) bond motifs is 1. The number of anilines is 1. The van der Waals surface area contributed by atoms with Gasteiger partial charge >= 0.3 is 7.12 Å². The summed E-state index contributed by atoms with van der Waals surface area (Å²) in [6.07, 6.45) is 1.91. The van der Waals surface area contributed by atoms with E-state index in [4.69, 9.17) is 15.8 Å². The molecule has 0 aliphatic heterocycles. The van der Waals surface area contributed by atoms with Crippen molar-refractivity contribution in [2.24, 2.45) is 0 Å². The first-order valence-corrected chi connectivity index (χ1v) is 13.3. The summed E-state index contributed by atoms with van der Waals surface area (Å²) in [5.41, 5.74) is 13.9. The minimum absolute atomic E-state index is 0.572. The van der Waals surface area contributed by atoms with Crippen LogP contribution in [0.4, 0.5) is 5.69 Å². The van der Waals surface area contributed by atoms with Gasteiger partial charge in [-0.3, -0.25) is 0 Å². The normalized spacial score (nSPS) is 10.0. The molecular formula is C30H29BBr2N2O2. The topological polar surface area (TPSA) is 82.3 Å². The van der Waals surface area contributed by atoms with Crippen LogP contribution in [0.15, 0.2) is 107 Å². The van der Waals surface area contributed by atoms with Crippen molar-refractivity contribution in [3.05, 3.63) is 123 Å². The number of aryl methyl sites for hydroxylation is 2. The number of H-pyrrole nitrogens is 1. The Morgan fingerprint density at radius 3 is 1.97 bits per heavy atom. The first kappa shape index (κ1) is 28.5. The molecule has 0 bridgehead atoms. The fraction of sp³-hybridized carbons (Fsp3) is 0.0667. The van der Waals surface area contributed by atoms with Crippen molar-refractivity contribution in [3.63, 3.8) is 0 Å². The Balaban J connectivity index is 0.000000161. The Bertz CT molecular complexity index is 1440. The van der Waals surface area contributed by atoms with E-state index in [-0.39, 0.29) is 0 Å². The smallest absolute Gasteiger partial charge is 0.423 e. The molecule has 7 heteroatoms. The van der Waals surface area contributed by atoms with Crippen LogP contribution < -0.4 is 11.2 Å². The van der Waals surface area contributed by atoms with Crippen LogP contribution in [0.3, 0.4) is 0 Å². The van der Waals surface area contributed by atoms with Gasteiger partial charge in [0.25, 0.3) is 0 Å². The average molecular weight is 620 g/mol. The summed E-state index contributed by atoms with van der Waals surface area (Å²) < 4.78 is 0.892. The van der Waals surface area contributed by atoms with Crippen LogP contribution in [0, 0.1) is 13.8 Å². The molecule has 1 heterocycles. The molecule has 5 N–H and O–H groups in total. The largest absolute Gasteiger partial charge is 0.488 e. The lowest BCUT2D eigenvalue weighted by Gasteiger charge is -2.01. The molecule has 0 aliphatic carbocycles. The van der Waals surface area contributed by atoms with Crippen molar-refractivity contribution in [2.75, 3.05) is 5.73 Å². The van der Waals surface area contributed by atoms with Gasteiger partial charge in [0.05, 0.1) is 3.39 Å². The van der Waals surface area contributed by atoms with Crippen molar-refractivity contribution in [1.82, 2.24) is 4.98 Å². The molecule has 0 aliphatic rings. The predicted octanol–water partition coefficient (Wildman–Crippen LogP) is 7.18. The molecule has 4 aromatic carbocycles. The van der Waals surface area contributed by atoms with Crippen LogP contribution in [0.5, 0.6) is 0 Å². The van der Waals surface area contributed by atoms with Gasteiger partial charge in [-0.15, -0.1) is 0 Å². The van der Waals surface area contributed by atoms with Crippen LogP contribution in [-0.2, 0) is 0 Å². The number of rotatable bonds is 3. The van der Waals surface area contributed by atoms with E-state index in [1.54, 1.807) is 12.1 Å². The minimum Gasteiger partial charge on any atom is -0.423 e. The van der Waals surface area contributed by atoms with Crippen molar-refractivity contribution in [2.45, 2.75) is 13.8 Å². The van der Waals surface area contributed by atoms with E-state index in [0.29, 0.717) is 5.46 Å². The van der Waals surface area contributed by atoms with Gasteiger partial charge in [0, 0.05) is 27.8 Å². The van der Waals surface area contributed by atoms with Gasteiger partial charge in [0.2, 0.25) is 0 Å². The summed E-state index contributed by atoms with van der Waals surface area (Å²) in [6, 6.07) is 33.9. The molecular weight excluding hydrogens is 591 g/mol. The molecule has 1 aromatic heterocycles. The van der Waals surface area contributed by atoms with Gasteiger partial charge < -0.3 is 20.8 Å². The second kappa shape index (κ2) is 14.0. The van der Waals surface area contributed by atoms with E-state index in [1.807, 2.05) is 49.4 Å². The van der Waals surface area contributed by atoms with Crippen LogP contribution in [0.25, 0.3) is 28.2 Å². The average Bonchev–Trinajstić information content (AvgIpc) is 3.30. The summed E-state index contributed by atoms with van der Waals surface area (Å²) in [4.78, 5) is 3.45. The van der Waals surface area contributed by atoms with Crippen LogP contribution >= 0.6 is 31.9 Å². The van der Waals surface area contributed by atoms with Crippen LogP contribution in [-0.4, -0.2) is 22.2 Å². The number of aromatic amines is 1. The van der Waals surface area contributed by atoms with Gasteiger partial charge in [-0.05, 0) is 86.6 Å². The fourth-order valence-corrected chi connectivity index (χ4v) is 4.22. The van der Waals surface area contributed by atoms with Gasteiger partial charge in [0.1, 0.15) is 0 Å². The summed E-state index contributed by atoms with van der Waals surface area (Å²) in [6.45, 7) is 3.98. The van der Waals surface area contributed by atoms with Gasteiger partial charge in [-0.1, -0.05) is 90.5 Å². The lowest BCUT2D eigenvalue weighted by molar-refractivity contribution is 0.425. The molecule has 0 saturated carbocycles. The number of nitrogen functional groups attached to an aromatic ring is 1. The van der Waals surface area contributed by atoms with E-state index < -0.39 is 7.12 Å². The highest BCUT2D eigenvalue weighted by atomic mass is 79.9. The van der Waals surface area contributed by atoms with Gasteiger partial charge in [-0.2, -0.15) is 0 Å². The second-order valence-corrected chi connectivity index (χ2v) is 11.2. The Hall–Kier alpha value is -3.10. The van der Waals surface area contributed by atoms with Crippen LogP contribution in [0.1, 0.15) is 16.7 Å². The Morgan fingerprint density at radius 2 is 1.38 bits per heavy atom. The maximum absolute atomic E-state index is 8.76. The van der Waals surface area contributed by atoms with E-state index in [0.717, 1.165) is 20.2 Å². The molecule has 0 atom stereocenters. The number of hydrogen-bond acceptors (Lipinski definition) is 3. The number of aromatic nitrogens is 1. The third-order valence-electron chi connectivity index (χ3n) is 5.69. The monoisotopic (exact) mass is 618 g/mol. The van der Waals surface area contributed by atoms with Crippen molar-refractivity contribution >= 4 is 67.1 Å². The maximum atomic E-state index is 8.76. The van der Waals surface area contributed by atoms with Crippen LogP contribution in [0.2, 0.25) is 0 Å². The third-order valence-corrected chi connectivity index (χ3v) is 6.15. The zero-order valence-electron chi connectivity index (χ0n) is 20.7. The SMILES string of the molecule is Cc1ccccc1-c1cc2ccccc2[nH]1.Cc1ccccc1B(O)O.Nc1ccccc1C=C(Br)Br. The lowest BCUT2D eigenvalue weighted by Crippen LogP contribution is -2.31. The zero-order valence-corrected chi connectivity index (χ0v) is 23.9. The molecule has 0 spiro atoms. The summed E-state index contributed by atoms with van der Waals surface area (Å²) in [5, 5.41) is 18.8. The molecule has 0 amide bonds. The van der Waals surface area contributed by atoms with Crippen molar-refractivity contribution < 1.29 is 10.0 Å². The molecule has 37 heavy (non-hydrogen) atoms. The van der Waals surface area contributed by atoms with E-state index >= 15 is 0 Å². The van der Waals surface area contributed by atoms with Gasteiger partial charge in [-0.25, -0.2) is 0 Å². The van der Waals surface area contributed by atoms with E-state index in [1.165, 1.54) is 27.7 Å². The number of hydrogen-bond donors (Lipinski definition) is 4. The molecule has 4 nitrogen and oxygen atoms in total. The first-order chi connectivity index (χ1) is 17.8. The van der Waals surface area contributed by atoms with E-state index in [9.17, 15) is 0 Å². The molecule has 0 unspecified atom stereocenters. The molecule has 188 valence electrons. The first-order valence-electron chi connectivity index (χ1n) is 11.7. The number of halogens is 2. The molecule has 5 rings (SSSR count). The highest BCUT2D eigenvalue weighted by Gasteiger charge is 2.11. The quantitative estimate of drug-likeness (QED) is 0.128. The highest BCUT2D eigenvalue weighted by molar-refractivity contribution is 9.28. The number of para-hydroxylation sites is 2. The Kier molecular flexibility index (Phi) is 10.8. The Labute approximate surface area is 235 Å². The second-order valence-electron chi connectivity index (χ2n) is 8.38. The highest BCUT2D eigenvalue weighted by Crippen LogP contribution is 2.26. The fourth-order valence-electron chi connectivity index (χ4n) is 3.73. The molecule has 5 aromatic rings. The zero-order chi connectivity index (χ0) is 26.8. The van der Waals surface area contributed by atoms with Gasteiger partial charge in [0.15, 0.2) is 0 Å². The van der Waals surface area contributed by atoms with Crippen molar-refractivity contribution in [1.29, 1.82) is 0 Å². The molecule has 0 fully saturated rings. The number of nitrogens with one attached hydrogen (secondary N) is 1. The predicted molar refractivity (Wildman–Crippen MR) is 166 cm³/mol. The number of nitrogens with two attached hydrogens (primary N) is 1. The lowest BCUT2D eigenvalue weighted by atomic mass is 9.77. The standard InChI is InChI=1S/C15H13N.C8H7Br2N.C7H9BO2/c1-11-6-2-4-8-13(11)15-10-12-7-3-5-9-14(12)16-15;9-8(10)5-6-3-1-2-4-7(6)11;1-6-4-2-3-5-7(6)8(9)10/h2-10,16H,1H3;1-5H,11H2;2-5,9-10H,1H3.